The number of hydrogen-bond donors (Lipinski definition) is 0. The van der Waals surface area contributed by atoms with E-state index in [1.807, 2.05) is 18.2 Å². The van der Waals surface area contributed by atoms with Crippen LogP contribution >= 0.6 is 0 Å². The van der Waals surface area contributed by atoms with Crippen molar-refractivity contribution in [1.29, 1.82) is 5.26 Å². The highest BCUT2D eigenvalue weighted by atomic mass is 32.2. The lowest BCUT2D eigenvalue weighted by Crippen LogP contribution is -2.48. The van der Waals surface area contributed by atoms with Crippen LogP contribution in [0.3, 0.4) is 0 Å². The van der Waals surface area contributed by atoms with Crippen molar-refractivity contribution in [3.63, 3.8) is 0 Å². The second kappa shape index (κ2) is 7.72. The lowest BCUT2D eigenvalue weighted by molar-refractivity contribution is 0.182. The van der Waals surface area contributed by atoms with E-state index in [0.717, 1.165) is 6.54 Å². The van der Waals surface area contributed by atoms with Crippen molar-refractivity contribution in [1.82, 2.24) is 9.21 Å². The van der Waals surface area contributed by atoms with Crippen molar-refractivity contribution in [3.8, 4) is 6.07 Å². The summed E-state index contributed by atoms with van der Waals surface area (Å²) in [5.74, 6) is 0. The van der Waals surface area contributed by atoms with Crippen LogP contribution < -0.4 is 0 Å². The average Bonchev–Trinajstić information content (AvgIpc) is 2.74. The molecule has 3 aromatic carbocycles. The number of hydrogen-bond acceptors (Lipinski definition) is 4. The molecule has 0 unspecified atom stereocenters. The molecule has 0 aromatic heterocycles. The molecule has 0 atom stereocenters. The molecule has 0 spiro atoms. The number of piperazine rings is 1. The van der Waals surface area contributed by atoms with Crippen LogP contribution in [0.25, 0.3) is 10.8 Å². The Kier molecular flexibility index (Phi) is 5.14. The highest BCUT2D eigenvalue weighted by Gasteiger charge is 2.28. The maximum Gasteiger partial charge on any atom is 0.243 e. The summed E-state index contributed by atoms with van der Waals surface area (Å²) in [6.45, 7) is 3.13. The smallest absolute Gasteiger partial charge is 0.243 e. The van der Waals surface area contributed by atoms with Crippen molar-refractivity contribution < 1.29 is 8.42 Å². The second-order valence-electron chi connectivity index (χ2n) is 6.95. The van der Waals surface area contributed by atoms with Gasteiger partial charge in [-0.3, -0.25) is 4.90 Å². The zero-order valence-corrected chi connectivity index (χ0v) is 16.3. The standard InChI is InChI=1S/C22H21N3O2S/c23-16-18-8-10-21(11-9-18)28(26,27)25-14-12-24(13-15-25)17-20-6-3-5-19-4-1-2-7-22(19)20/h1-11H,12-15,17H2. The van der Waals surface area contributed by atoms with Gasteiger partial charge in [0, 0.05) is 32.7 Å². The number of fused-ring (bicyclic) bond motifs is 1. The van der Waals surface area contributed by atoms with Gasteiger partial charge < -0.3 is 0 Å². The van der Waals surface area contributed by atoms with Gasteiger partial charge in [-0.05, 0) is 40.6 Å². The summed E-state index contributed by atoms with van der Waals surface area (Å²) >= 11 is 0. The number of nitriles is 1. The number of benzene rings is 3. The number of sulfonamides is 1. The van der Waals surface area contributed by atoms with E-state index < -0.39 is 10.0 Å². The van der Waals surface area contributed by atoms with Gasteiger partial charge in [0.1, 0.15) is 0 Å². The Morgan fingerprint density at radius 3 is 2.25 bits per heavy atom. The van der Waals surface area contributed by atoms with Crippen LogP contribution in [0, 0.1) is 11.3 Å². The van der Waals surface area contributed by atoms with Crippen LogP contribution in [-0.2, 0) is 16.6 Å². The molecule has 142 valence electrons. The molecule has 1 heterocycles. The van der Waals surface area contributed by atoms with E-state index in [9.17, 15) is 8.42 Å². The zero-order chi connectivity index (χ0) is 19.6. The fourth-order valence-corrected chi connectivity index (χ4v) is 5.07. The molecule has 0 amide bonds. The van der Waals surface area contributed by atoms with E-state index in [-0.39, 0.29) is 4.90 Å². The largest absolute Gasteiger partial charge is 0.296 e. The number of rotatable bonds is 4. The quantitative estimate of drug-likeness (QED) is 0.685. The molecule has 6 heteroatoms. The first-order chi connectivity index (χ1) is 13.6. The normalized spacial score (nSPS) is 16.1. The predicted molar refractivity (Wildman–Crippen MR) is 109 cm³/mol. The van der Waals surface area contributed by atoms with Gasteiger partial charge in [0.05, 0.1) is 16.5 Å². The first-order valence-corrected chi connectivity index (χ1v) is 10.7. The van der Waals surface area contributed by atoms with Crippen molar-refractivity contribution in [2.45, 2.75) is 11.4 Å². The summed E-state index contributed by atoms with van der Waals surface area (Å²) in [4.78, 5) is 2.54. The molecule has 0 saturated carbocycles. The fraction of sp³-hybridized carbons (Fsp3) is 0.227. The highest BCUT2D eigenvalue weighted by Crippen LogP contribution is 2.22. The molecule has 1 fully saturated rings. The molecule has 0 aliphatic carbocycles. The maximum absolute atomic E-state index is 12.9. The van der Waals surface area contributed by atoms with Gasteiger partial charge in [0.25, 0.3) is 0 Å². The van der Waals surface area contributed by atoms with E-state index in [0.29, 0.717) is 31.7 Å². The molecule has 1 saturated heterocycles. The summed E-state index contributed by atoms with van der Waals surface area (Å²) < 4.78 is 27.2. The van der Waals surface area contributed by atoms with Crippen LogP contribution in [0.2, 0.25) is 0 Å². The van der Waals surface area contributed by atoms with Crippen molar-refractivity contribution in [2.75, 3.05) is 26.2 Å². The summed E-state index contributed by atoms with van der Waals surface area (Å²) in [6, 6.07) is 22.8. The fourth-order valence-electron chi connectivity index (χ4n) is 3.65. The third-order valence-corrected chi connectivity index (χ3v) is 7.14. The summed E-state index contributed by atoms with van der Waals surface area (Å²) in [5.41, 5.74) is 1.72. The Morgan fingerprint density at radius 1 is 0.857 bits per heavy atom. The second-order valence-corrected chi connectivity index (χ2v) is 8.89. The molecular formula is C22H21N3O2S. The van der Waals surface area contributed by atoms with Crippen molar-refractivity contribution in [3.05, 3.63) is 77.9 Å². The molecule has 28 heavy (non-hydrogen) atoms. The predicted octanol–water partition coefficient (Wildman–Crippen LogP) is 3.22. The van der Waals surface area contributed by atoms with Gasteiger partial charge in [-0.15, -0.1) is 0 Å². The van der Waals surface area contributed by atoms with E-state index in [4.69, 9.17) is 5.26 Å². The maximum atomic E-state index is 12.9. The third-order valence-electron chi connectivity index (χ3n) is 5.23. The molecular weight excluding hydrogens is 370 g/mol. The Bertz CT molecular complexity index is 1120. The highest BCUT2D eigenvalue weighted by molar-refractivity contribution is 7.89. The van der Waals surface area contributed by atoms with Gasteiger partial charge in [-0.25, -0.2) is 8.42 Å². The van der Waals surface area contributed by atoms with Gasteiger partial charge in [0.15, 0.2) is 0 Å². The topological polar surface area (TPSA) is 64.4 Å². The van der Waals surface area contributed by atoms with E-state index >= 15 is 0 Å². The molecule has 0 N–H and O–H groups in total. The summed E-state index contributed by atoms with van der Waals surface area (Å²) in [7, 11) is -3.52. The van der Waals surface area contributed by atoms with Crippen molar-refractivity contribution in [2.24, 2.45) is 0 Å². The SMILES string of the molecule is N#Cc1ccc(S(=O)(=O)N2CCN(Cc3cccc4ccccc34)CC2)cc1. The van der Waals surface area contributed by atoms with E-state index in [1.165, 1.54) is 32.8 Å². The molecule has 1 aliphatic rings. The lowest BCUT2D eigenvalue weighted by Gasteiger charge is -2.34. The van der Waals surface area contributed by atoms with Crippen LogP contribution in [0.1, 0.15) is 11.1 Å². The molecule has 5 nitrogen and oxygen atoms in total. The van der Waals surface area contributed by atoms with E-state index in [1.54, 1.807) is 12.1 Å². The third kappa shape index (κ3) is 3.65. The van der Waals surface area contributed by atoms with Gasteiger partial charge in [0.2, 0.25) is 10.0 Å². The zero-order valence-electron chi connectivity index (χ0n) is 15.5. The van der Waals surface area contributed by atoms with E-state index in [2.05, 4.69) is 35.2 Å². The molecule has 1 aliphatic heterocycles. The average molecular weight is 391 g/mol. The summed E-state index contributed by atoms with van der Waals surface area (Å²) in [6.07, 6.45) is 0. The molecule has 4 rings (SSSR count). The Morgan fingerprint density at radius 2 is 1.54 bits per heavy atom. The molecule has 0 bridgehead atoms. The van der Waals surface area contributed by atoms with Crippen LogP contribution in [0.5, 0.6) is 0 Å². The first kappa shape index (κ1) is 18.6. The minimum Gasteiger partial charge on any atom is -0.296 e. The number of nitrogens with zero attached hydrogens (tertiary/aromatic N) is 3. The lowest BCUT2D eigenvalue weighted by atomic mass is 10.0. The van der Waals surface area contributed by atoms with Crippen molar-refractivity contribution >= 4 is 20.8 Å². The molecule has 0 radical (unpaired) electrons. The van der Waals surface area contributed by atoms with Crippen LogP contribution in [-0.4, -0.2) is 43.8 Å². The van der Waals surface area contributed by atoms with Gasteiger partial charge in [-0.2, -0.15) is 9.57 Å². The van der Waals surface area contributed by atoms with Crippen LogP contribution in [0.15, 0.2) is 71.6 Å². The Hall–Kier alpha value is -2.72. The Balaban J connectivity index is 1.45. The minimum atomic E-state index is -3.52. The Labute approximate surface area is 165 Å². The minimum absolute atomic E-state index is 0.244. The van der Waals surface area contributed by atoms with Crippen LogP contribution in [0.4, 0.5) is 0 Å². The molecule has 3 aromatic rings. The first-order valence-electron chi connectivity index (χ1n) is 9.27. The van der Waals surface area contributed by atoms with Gasteiger partial charge in [-0.1, -0.05) is 42.5 Å². The summed E-state index contributed by atoms with van der Waals surface area (Å²) in [5, 5.41) is 11.4. The monoisotopic (exact) mass is 391 g/mol. The van der Waals surface area contributed by atoms with Gasteiger partial charge >= 0.3 is 0 Å².